The highest BCUT2D eigenvalue weighted by atomic mass is 32.1. The minimum absolute atomic E-state index is 0.180. The summed E-state index contributed by atoms with van der Waals surface area (Å²) in [7, 11) is 0. The number of aromatic hydroxyl groups is 1. The van der Waals surface area contributed by atoms with E-state index in [1.165, 1.54) is 28.0 Å². The lowest BCUT2D eigenvalue weighted by Gasteiger charge is -2.16. The van der Waals surface area contributed by atoms with E-state index in [1.54, 1.807) is 19.2 Å². The molecule has 0 fully saturated rings. The largest absolute Gasteiger partial charge is 0.504 e. The first-order valence-corrected chi connectivity index (χ1v) is 12.0. The number of aromatic nitrogens is 3. The minimum atomic E-state index is -0.761. The number of hydrogen-bond acceptors (Lipinski definition) is 5. The Hall–Kier alpha value is -4.10. The molecule has 2 aromatic heterocycles. The molecule has 0 bridgehead atoms. The molecule has 174 valence electrons. The van der Waals surface area contributed by atoms with Gasteiger partial charge in [-0.05, 0) is 31.0 Å². The predicted molar refractivity (Wildman–Crippen MR) is 137 cm³/mol. The van der Waals surface area contributed by atoms with Crippen molar-refractivity contribution in [3.63, 3.8) is 0 Å². The van der Waals surface area contributed by atoms with Crippen LogP contribution in [-0.4, -0.2) is 19.6 Å². The molecule has 0 atom stereocenters. The van der Waals surface area contributed by atoms with Gasteiger partial charge >= 0.3 is 0 Å². The number of para-hydroxylation sites is 1. The second kappa shape index (κ2) is 9.64. The highest BCUT2D eigenvalue weighted by Crippen LogP contribution is 2.34. The fourth-order valence-corrected chi connectivity index (χ4v) is 5.05. The summed E-state index contributed by atoms with van der Waals surface area (Å²) in [5.41, 5.74) is 2.90. The van der Waals surface area contributed by atoms with Gasteiger partial charge < -0.3 is 5.11 Å². The molecule has 0 aliphatic rings. The highest BCUT2D eigenvalue weighted by molar-refractivity contribution is 7.18. The molecule has 0 aliphatic carbocycles. The quantitative estimate of drug-likeness (QED) is 0.317. The molecule has 0 aliphatic heterocycles. The van der Waals surface area contributed by atoms with E-state index >= 15 is 0 Å². The number of aryl methyl sites for hydroxylation is 2. The molecule has 0 radical (unpaired) electrons. The van der Waals surface area contributed by atoms with E-state index in [0.29, 0.717) is 29.1 Å². The first-order valence-electron chi connectivity index (χ1n) is 11.2. The second-order valence-electron chi connectivity index (χ2n) is 8.12. The molecule has 0 spiro atoms. The Morgan fingerprint density at radius 3 is 2.43 bits per heavy atom. The van der Waals surface area contributed by atoms with E-state index in [-0.39, 0.29) is 16.9 Å². The van der Waals surface area contributed by atoms with Crippen molar-refractivity contribution >= 4 is 11.3 Å². The number of phenolic OH excluding ortho intramolecular Hbond substituents is 1. The van der Waals surface area contributed by atoms with Crippen LogP contribution in [0.4, 0.5) is 4.39 Å². The summed E-state index contributed by atoms with van der Waals surface area (Å²) in [5, 5.41) is 11.2. The molecular weight excluding hydrogens is 461 g/mol. The number of halogens is 1. The molecule has 5 rings (SSSR count). The molecule has 35 heavy (non-hydrogen) atoms. The van der Waals surface area contributed by atoms with Crippen molar-refractivity contribution in [1.82, 2.24) is 14.5 Å². The minimum Gasteiger partial charge on any atom is -0.504 e. The van der Waals surface area contributed by atoms with Crippen molar-refractivity contribution in [3.05, 3.63) is 112 Å². The third-order valence-corrected chi connectivity index (χ3v) is 6.88. The van der Waals surface area contributed by atoms with Crippen molar-refractivity contribution in [2.75, 3.05) is 0 Å². The van der Waals surface area contributed by atoms with Crippen LogP contribution >= 0.6 is 11.3 Å². The van der Waals surface area contributed by atoms with Gasteiger partial charge in [0.15, 0.2) is 11.6 Å². The molecule has 0 saturated heterocycles. The molecule has 5 aromatic rings. The zero-order valence-corrected chi connectivity index (χ0v) is 19.8. The normalized spacial score (nSPS) is 11.0. The number of nitrogens with zero attached hydrogens (tertiary/aromatic N) is 3. The van der Waals surface area contributed by atoms with Gasteiger partial charge in [-0.2, -0.15) is 0 Å². The van der Waals surface area contributed by atoms with Gasteiger partial charge in [-0.3, -0.25) is 9.36 Å². The van der Waals surface area contributed by atoms with Gasteiger partial charge in [0.05, 0.1) is 21.7 Å². The number of rotatable bonds is 6. The number of thiazole rings is 1. The van der Waals surface area contributed by atoms with E-state index in [9.17, 15) is 14.3 Å². The van der Waals surface area contributed by atoms with Crippen LogP contribution in [0.5, 0.6) is 5.75 Å². The number of hydrogen-bond donors (Lipinski definition) is 1. The van der Waals surface area contributed by atoms with E-state index in [2.05, 4.69) is 4.98 Å². The number of phenols is 1. The lowest BCUT2D eigenvalue weighted by Crippen LogP contribution is -2.27. The summed E-state index contributed by atoms with van der Waals surface area (Å²) < 4.78 is 15.7. The van der Waals surface area contributed by atoms with E-state index in [1.807, 2.05) is 60.7 Å². The van der Waals surface area contributed by atoms with E-state index in [0.717, 1.165) is 16.1 Å². The highest BCUT2D eigenvalue weighted by Gasteiger charge is 2.21. The van der Waals surface area contributed by atoms with Gasteiger partial charge in [0.25, 0.3) is 5.56 Å². The monoisotopic (exact) mass is 483 g/mol. The summed E-state index contributed by atoms with van der Waals surface area (Å²) in [6.45, 7) is 2.07. The topological polar surface area (TPSA) is 68.0 Å². The fourth-order valence-electron chi connectivity index (χ4n) is 4.04. The predicted octanol–water partition coefficient (Wildman–Crippen LogP) is 6.10. The summed E-state index contributed by atoms with van der Waals surface area (Å²) in [5.74, 6) is -1.05. The van der Waals surface area contributed by atoms with Gasteiger partial charge in [-0.25, -0.2) is 14.4 Å². The molecule has 0 saturated carbocycles. The zero-order valence-electron chi connectivity index (χ0n) is 19.0. The van der Waals surface area contributed by atoms with E-state index in [4.69, 9.17) is 4.98 Å². The molecule has 5 nitrogen and oxygen atoms in total. The lowest BCUT2D eigenvalue weighted by molar-refractivity contribution is 0.433. The first-order chi connectivity index (χ1) is 17.0. The Bertz CT molecular complexity index is 1550. The lowest BCUT2D eigenvalue weighted by atomic mass is 10.1. The van der Waals surface area contributed by atoms with Gasteiger partial charge in [0, 0.05) is 18.3 Å². The molecule has 0 unspecified atom stereocenters. The van der Waals surface area contributed by atoms with Crippen molar-refractivity contribution in [3.8, 4) is 38.1 Å². The number of benzene rings is 3. The summed E-state index contributed by atoms with van der Waals surface area (Å²) in [6, 6.07) is 23.8. The van der Waals surface area contributed by atoms with Crippen LogP contribution in [0.25, 0.3) is 32.4 Å². The molecule has 2 heterocycles. The van der Waals surface area contributed by atoms with Gasteiger partial charge in [-0.15, -0.1) is 11.3 Å². The Morgan fingerprint density at radius 1 is 0.971 bits per heavy atom. The molecule has 0 amide bonds. The van der Waals surface area contributed by atoms with Crippen molar-refractivity contribution < 1.29 is 9.50 Å². The van der Waals surface area contributed by atoms with Crippen LogP contribution in [0, 0.1) is 12.7 Å². The fraction of sp³-hybridized carbons (Fsp3) is 0.107. The molecule has 7 heteroatoms. The molecular formula is C28H22FN3O2S. The maximum absolute atomic E-state index is 14.2. The average Bonchev–Trinajstić information content (AvgIpc) is 3.36. The van der Waals surface area contributed by atoms with Crippen LogP contribution in [0.1, 0.15) is 11.3 Å². The average molecular weight is 484 g/mol. The van der Waals surface area contributed by atoms with E-state index < -0.39 is 11.6 Å². The third-order valence-electron chi connectivity index (χ3n) is 5.82. The van der Waals surface area contributed by atoms with Crippen LogP contribution in [-0.2, 0) is 13.0 Å². The zero-order chi connectivity index (χ0) is 24.4. The van der Waals surface area contributed by atoms with Crippen LogP contribution in [0.2, 0.25) is 0 Å². The van der Waals surface area contributed by atoms with Gasteiger partial charge in [0.1, 0.15) is 10.8 Å². The summed E-state index contributed by atoms with van der Waals surface area (Å²) >= 11 is 1.42. The smallest absolute Gasteiger partial charge is 0.262 e. The SMILES string of the molecule is Cc1nc(-c2cccc(F)c2O)n(CCc2ccccc2)c(=O)c1-c1cnc(-c2ccccc2)s1. The maximum atomic E-state index is 14.2. The Balaban J connectivity index is 1.65. The standard InChI is InChI=1S/C28H22FN3O2S/c1-18-24(23-17-30-27(35-23)20-11-6-3-7-12-20)28(34)32(16-15-19-9-4-2-5-10-19)26(31-18)21-13-8-14-22(29)25(21)33/h2-14,17,33H,15-16H2,1H3. The maximum Gasteiger partial charge on any atom is 0.262 e. The third kappa shape index (κ3) is 4.50. The molecule has 3 aromatic carbocycles. The van der Waals surface area contributed by atoms with Crippen molar-refractivity contribution in [1.29, 1.82) is 0 Å². The Kier molecular flexibility index (Phi) is 6.25. The van der Waals surface area contributed by atoms with Crippen LogP contribution < -0.4 is 5.56 Å². The molecule has 1 N–H and O–H groups in total. The summed E-state index contributed by atoms with van der Waals surface area (Å²) in [4.78, 5) is 23.8. The van der Waals surface area contributed by atoms with Crippen molar-refractivity contribution in [2.45, 2.75) is 19.9 Å². The van der Waals surface area contributed by atoms with Crippen LogP contribution in [0.3, 0.4) is 0 Å². The van der Waals surface area contributed by atoms with Gasteiger partial charge in [0.2, 0.25) is 0 Å². The van der Waals surface area contributed by atoms with Crippen LogP contribution in [0.15, 0.2) is 89.9 Å². The Labute approximate surface area is 205 Å². The van der Waals surface area contributed by atoms with Crippen molar-refractivity contribution in [2.24, 2.45) is 0 Å². The Morgan fingerprint density at radius 2 is 1.69 bits per heavy atom. The second-order valence-corrected chi connectivity index (χ2v) is 9.15. The summed E-state index contributed by atoms with van der Waals surface area (Å²) in [6.07, 6.45) is 2.27. The van der Waals surface area contributed by atoms with Gasteiger partial charge in [-0.1, -0.05) is 66.7 Å². The first kappa shape index (κ1) is 22.7.